The molecule has 0 N–H and O–H groups in total. The minimum atomic E-state index is -0.275. The van der Waals surface area contributed by atoms with Crippen LogP contribution in [0.1, 0.15) is 37.7 Å². The maximum Gasteiger partial charge on any atom is 0.161 e. The molecule has 18 heavy (non-hydrogen) atoms. The van der Waals surface area contributed by atoms with Crippen LogP contribution in [0.3, 0.4) is 0 Å². The van der Waals surface area contributed by atoms with Gasteiger partial charge in [-0.2, -0.15) is 0 Å². The molecule has 0 saturated heterocycles. The highest BCUT2D eigenvalue weighted by molar-refractivity contribution is 5.82. The molecule has 0 heterocycles. The Balaban J connectivity index is 1.75. The van der Waals surface area contributed by atoms with Crippen molar-refractivity contribution < 1.29 is 13.9 Å². The van der Waals surface area contributed by atoms with E-state index in [0.29, 0.717) is 5.56 Å². The summed E-state index contributed by atoms with van der Waals surface area (Å²) >= 11 is 0. The molecule has 1 aliphatic carbocycles. The summed E-state index contributed by atoms with van der Waals surface area (Å²) in [6.07, 6.45) is 5.50. The maximum absolute atomic E-state index is 13.3. The standard InChI is InChI=1S/C15H19FO2/c16-14-9-5-4-8-13(14)10-18-11-15(17)12-6-2-1-3-7-12/h4-5,8-9,12H,1-3,6-7,10-11H2. The Morgan fingerprint density at radius 1 is 1.22 bits per heavy atom. The number of hydrogen-bond donors (Lipinski definition) is 0. The number of hydrogen-bond acceptors (Lipinski definition) is 2. The second-order valence-corrected chi connectivity index (χ2v) is 4.89. The highest BCUT2D eigenvalue weighted by Crippen LogP contribution is 2.24. The van der Waals surface area contributed by atoms with Crippen LogP contribution in [0.15, 0.2) is 24.3 Å². The van der Waals surface area contributed by atoms with E-state index in [1.807, 2.05) is 0 Å². The first-order chi connectivity index (χ1) is 8.77. The summed E-state index contributed by atoms with van der Waals surface area (Å²) in [5, 5.41) is 0. The lowest BCUT2D eigenvalue weighted by molar-refractivity contribution is -0.128. The molecular weight excluding hydrogens is 231 g/mol. The number of rotatable bonds is 5. The normalized spacial score (nSPS) is 16.7. The quantitative estimate of drug-likeness (QED) is 0.799. The monoisotopic (exact) mass is 250 g/mol. The molecule has 1 saturated carbocycles. The predicted molar refractivity (Wildman–Crippen MR) is 67.6 cm³/mol. The molecule has 0 atom stereocenters. The van der Waals surface area contributed by atoms with Crippen molar-refractivity contribution in [2.45, 2.75) is 38.7 Å². The van der Waals surface area contributed by atoms with E-state index in [4.69, 9.17) is 4.74 Å². The summed E-state index contributed by atoms with van der Waals surface area (Å²) < 4.78 is 18.6. The molecule has 0 radical (unpaired) electrons. The zero-order valence-corrected chi connectivity index (χ0v) is 10.5. The molecule has 1 aromatic carbocycles. The van der Waals surface area contributed by atoms with E-state index in [1.54, 1.807) is 18.2 Å². The fraction of sp³-hybridized carbons (Fsp3) is 0.533. The van der Waals surface area contributed by atoms with Gasteiger partial charge in [-0.05, 0) is 18.9 Å². The van der Waals surface area contributed by atoms with Crippen LogP contribution >= 0.6 is 0 Å². The Labute approximate surface area is 107 Å². The van der Waals surface area contributed by atoms with E-state index in [9.17, 15) is 9.18 Å². The topological polar surface area (TPSA) is 26.3 Å². The van der Waals surface area contributed by atoms with Crippen molar-refractivity contribution in [3.63, 3.8) is 0 Å². The largest absolute Gasteiger partial charge is 0.369 e. The summed E-state index contributed by atoms with van der Waals surface area (Å²) in [6.45, 7) is 0.282. The third kappa shape index (κ3) is 3.64. The molecule has 0 bridgehead atoms. The van der Waals surface area contributed by atoms with Gasteiger partial charge in [-0.1, -0.05) is 37.5 Å². The van der Waals surface area contributed by atoms with Crippen molar-refractivity contribution >= 4 is 5.78 Å². The van der Waals surface area contributed by atoms with Gasteiger partial charge in [0, 0.05) is 11.5 Å². The third-order valence-corrected chi connectivity index (χ3v) is 3.52. The minimum absolute atomic E-state index is 0.110. The Kier molecular flexibility index (Phi) is 4.88. The molecule has 1 aliphatic rings. The van der Waals surface area contributed by atoms with Crippen LogP contribution in [0.2, 0.25) is 0 Å². The minimum Gasteiger partial charge on any atom is -0.369 e. The fourth-order valence-electron chi connectivity index (χ4n) is 2.42. The fourth-order valence-corrected chi connectivity index (χ4v) is 2.42. The van der Waals surface area contributed by atoms with Crippen LogP contribution in [0, 0.1) is 11.7 Å². The number of benzene rings is 1. The Morgan fingerprint density at radius 2 is 1.94 bits per heavy atom. The van der Waals surface area contributed by atoms with E-state index < -0.39 is 0 Å². The zero-order valence-electron chi connectivity index (χ0n) is 10.5. The lowest BCUT2D eigenvalue weighted by Crippen LogP contribution is -2.22. The predicted octanol–water partition coefficient (Wildman–Crippen LogP) is 3.49. The summed E-state index contributed by atoms with van der Waals surface area (Å²) in [7, 11) is 0. The van der Waals surface area contributed by atoms with Gasteiger partial charge < -0.3 is 4.74 Å². The van der Waals surface area contributed by atoms with Crippen molar-refractivity contribution in [1.29, 1.82) is 0 Å². The molecule has 0 spiro atoms. The molecule has 2 nitrogen and oxygen atoms in total. The first-order valence-corrected chi connectivity index (χ1v) is 6.61. The lowest BCUT2D eigenvalue weighted by Gasteiger charge is -2.20. The van der Waals surface area contributed by atoms with E-state index in [-0.39, 0.29) is 30.7 Å². The van der Waals surface area contributed by atoms with E-state index >= 15 is 0 Å². The number of ketones is 1. The highest BCUT2D eigenvalue weighted by atomic mass is 19.1. The second kappa shape index (κ2) is 6.64. The molecule has 98 valence electrons. The van der Waals surface area contributed by atoms with Gasteiger partial charge in [0.05, 0.1) is 6.61 Å². The molecule has 2 rings (SSSR count). The van der Waals surface area contributed by atoms with Crippen LogP contribution in [0.4, 0.5) is 4.39 Å². The average molecular weight is 250 g/mol. The van der Waals surface area contributed by atoms with Crippen LogP contribution in [-0.4, -0.2) is 12.4 Å². The maximum atomic E-state index is 13.3. The van der Waals surface area contributed by atoms with Gasteiger partial charge in [0.2, 0.25) is 0 Å². The lowest BCUT2D eigenvalue weighted by atomic mass is 9.86. The van der Waals surface area contributed by atoms with Gasteiger partial charge in [-0.3, -0.25) is 4.79 Å². The first kappa shape index (κ1) is 13.2. The van der Waals surface area contributed by atoms with E-state index in [2.05, 4.69) is 0 Å². The van der Waals surface area contributed by atoms with Gasteiger partial charge in [0.25, 0.3) is 0 Å². The van der Waals surface area contributed by atoms with Crippen molar-refractivity contribution in [2.24, 2.45) is 5.92 Å². The van der Waals surface area contributed by atoms with Crippen molar-refractivity contribution in [2.75, 3.05) is 6.61 Å². The number of ether oxygens (including phenoxy) is 1. The van der Waals surface area contributed by atoms with Gasteiger partial charge in [-0.25, -0.2) is 4.39 Å². The second-order valence-electron chi connectivity index (χ2n) is 4.89. The third-order valence-electron chi connectivity index (χ3n) is 3.52. The zero-order chi connectivity index (χ0) is 12.8. The summed E-state index contributed by atoms with van der Waals surface area (Å²) in [5.74, 6) is 0.0630. The molecule has 0 aliphatic heterocycles. The Bertz CT molecular complexity index is 397. The SMILES string of the molecule is O=C(COCc1ccccc1F)C1CCCCC1. The van der Waals surface area contributed by atoms with E-state index in [1.165, 1.54) is 12.5 Å². The van der Waals surface area contributed by atoms with Gasteiger partial charge in [0.1, 0.15) is 12.4 Å². The number of carbonyl (C=O) groups is 1. The molecule has 0 unspecified atom stereocenters. The smallest absolute Gasteiger partial charge is 0.161 e. The van der Waals surface area contributed by atoms with E-state index in [0.717, 1.165) is 25.7 Å². The highest BCUT2D eigenvalue weighted by Gasteiger charge is 2.20. The molecule has 1 aromatic rings. The molecule has 0 amide bonds. The molecule has 0 aromatic heterocycles. The van der Waals surface area contributed by atoms with Crippen LogP contribution in [0.25, 0.3) is 0 Å². The van der Waals surface area contributed by atoms with Crippen LogP contribution in [0.5, 0.6) is 0 Å². The van der Waals surface area contributed by atoms with Crippen LogP contribution in [-0.2, 0) is 16.1 Å². The molecule has 3 heteroatoms. The Morgan fingerprint density at radius 3 is 2.67 bits per heavy atom. The number of carbonyl (C=O) groups excluding carboxylic acids is 1. The van der Waals surface area contributed by atoms with Gasteiger partial charge in [-0.15, -0.1) is 0 Å². The first-order valence-electron chi connectivity index (χ1n) is 6.61. The van der Waals surface area contributed by atoms with Crippen molar-refractivity contribution in [1.82, 2.24) is 0 Å². The average Bonchev–Trinajstić information content (AvgIpc) is 2.42. The van der Waals surface area contributed by atoms with Gasteiger partial charge in [0.15, 0.2) is 5.78 Å². The van der Waals surface area contributed by atoms with Crippen molar-refractivity contribution in [3.8, 4) is 0 Å². The van der Waals surface area contributed by atoms with Crippen molar-refractivity contribution in [3.05, 3.63) is 35.6 Å². The summed E-state index contributed by atoms with van der Waals surface area (Å²) in [5.41, 5.74) is 0.508. The number of halogens is 1. The Hall–Kier alpha value is -1.22. The molecule has 1 fully saturated rings. The molecular formula is C15H19FO2. The summed E-state index contributed by atoms with van der Waals surface area (Å²) in [6, 6.07) is 6.50. The number of Topliss-reactive ketones (excluding diaryl/α,β-unsaturated/α-hetero) is 1. The van der Waals surface area contributed by atoms with Gasteiger partial charge >= 0.3 is 0 Å². The van der Waals surface area contributed by atoms with Crippen LogP contribution < -0.4 is 0 Å². The summed E-state index contributed by atoms with van der Waals surface area (Å²) in [4.78, 5) is 11.9.